The Balaban J connectivity index is 2.45. The van der Waals surface area contributed by atoms with Gasteiger partial charge in [-0.2, -0.15) is 8.78 Å². The maximum atomic E-state index is 15.1. The maximum absolute atomic E-state index is 15.1. The van der Waals surface area contributed by atoms with Crippen LogP contribution in [0.4, 0.5) is 17.6 Å². The van der Waals surface area contributed by atoms with E-state index in [0.29, 0.717) is 12.3 Å². The summed E-state index contributed by atoms with van der Waals surface area (Å²) in [4.78, 5) is 49.7. The van der Waals surface area contributed by atoms with Crippen molar-refractivity contribution in [3.05, 3.63) is 33.1 Å². The Morgan fingerprint density at radius 1 is 1.07 bits per heavy atom. The third kappa shape index (κ3) is 8.02. The lowest BCUT2D eigenvalue weighted by molar-refractivity contribution is -0.192. The van der Waals surface area contributed by atoms with Gasteiger partial charge in [0.05, 0.1) is 18.8 Å². The molecular formula is C22H33F4N4O10P. The van der Waals surface area contributed by atoms with E-state index in [-0.39, 0.29) is 4.57 Å². The highest BCUT2D eigenvalue weighted by Gasteiger charge is 2.71. The number of nitrogens with zero attached hydrogens (tertiary/aromatic N) is 1. The van der Waals surface area contributed by atoms with Gasteiger partial charge in [-0.25, -0.2) is 23.7 Å². The predicted molar refractivity (Wildman–Crippen MR) is 132 cm³/mol. The third-order valence-electron chi connectivity index (χ3n) is 5.57. The van der Waals surface area contributed by atoms with Gasteiger partial charge in [-0.05, 0) is 41.5 Å². The van der Waals surface area contributed by atoms with Crippen molar-refractivity contribution in [2.45, 2.75) is 96.1 Å². The van der Waals surface area contributed by atoms with Crippen LogP contribution in [-0.4, -0.2) is 81.5 Å². The zero-order chi connectivity index (χ0) is 31.5. The van der Waals surface area contributed by atoms with Gasteiger partial charge in [0.2, 0.25) is 6.23 Å². The van der Waals surface area contributed by atoms with Crippen LogP contribution >= 0.6 is 7.67 Å². The molecule has 1 aliphatic heterocycles. The molecule has 0 radical (unpaired) electrons. The lowest BCUT2D eigenvalue weighted by atomic mass is 9.96. The van der Waals surface area contributed by atoms with E-state index >= 15 is 8.78 Å². The summed E-state index contributed by atoms with van der Waals surface area (Å²) in [7, 11) is -4.82. The first-order valence-corrected chi connectivity index (χ1v) is 13.9. The first kappa shape index (κ1) is 34.6. The van der Waals surface area contributed by atoms with Crippen molar-refractivity contribution in [1.29, 1.82) is 0 Å². The monoisotopic (exact) mass is 620 g/mol. The second-order valence-corrected chi connectivity index (χ2v) is 11.7. The molecule has 1 fully saturated rings. The quantitative estimate of drug-likeness (QED) is 0.140. The highest BCUT2D eigenvalue weighted by molar-refractivity contribution is 7.54. The molecule has 2 rings (SSSR count). The summed E-state index contributed by atoms with van der Waals surface area (Å²) < 4.78 is 92.6. The average Bonchev–Trinajstić information content (AvgIpc) is 3.03. The number of esters is 2. The molecule has 0 bridgehead atoms. The van der Waals surface area contributed by atoms with E-state index in [4.69, 9.17) is 18.7 Å². The van der Waals surface area contributed by atoms with Gasteiger partial charge in [0.15, 0.2) is 11.7 Å². The topological polar surface area (TPSA) is 187 Å². The van der Waals surface area contributed by atoms with Gasteiger partial charge in [-0.3, -0.25) is 28.5 Å². The molecule has 4 N–H and O–H groups in total. The Hall–Kier alpha value is -2.63. The number of carbonyl (C=O) groups excluding carboxylic acids is 2. The molecule has 1 aromatic rings. The minimum Gasteiger partial charge on any atom is -0.462 e. The number of H-pyrrole nitrogens is 1. The van der Waals surface area contributed by atoms with Crippen molar-refractivity contribution >= 4 is 19.6 Å². The van der Waals surface area contributed by atoms with Crippen LogP contribution in [0.15, 0.2) is 21.9 Å². The number of hydrogen-bond donors (Lipinski definition) is 4. The van der Waals surface area contributed by atoms with E-state index in [9.17, 15) is 37.6 Å². The molecule has 41 heavy (non-hydrogen) atoms. The molecule has 5 unspecified atom stereocenters. The van der Waals surface area contributed by atoms with Crippen LogP contribution in [0, 0.1) is 0 Å². The molecule has 234 valence electrons. The molecule has 1 aromatic heterocycles. The third-order valence-corrected chi connectivity index (χ3v) is 7.52. The fourth-order valence-corrected chi connectivity index (χ4v) is 5.44. The van der Waals surface area contributed by atoms with Crippen LogP contribution in [0.2, 0.25) is 0 Å². The molecule has 0 aliphatic carbocycles. The molecular weight excluding hydrogens is 587 g/mol. The van der Waals surface area contributed by atoms with Crippen molar-refractivity contribution in [1.82, 2.24) is 19.7 Å². The fourth-order valence-electron chi connectivity index (χ4n) is 3.60. The van der Waals surface area contributed by atoms with Crippen molar-refractivity contribution in [2.75, 3.05) is 6.61 Å². The number of hydrogen-bond acceptors (Lipinski definition) is 10. The van der Waals surface area contributed by atoms with Crippen LogP contribution in [0.3, 0.4) is 0 Å². The molecule has 0 aromatic carbocycles. The molecule has 0 amide bonds. The summed E-state index contributed by atoms with van der Waals surface area (Å²) in [6.07, 6.45) is -10.8. The summed E-state index contributed by atoms with van der Waals surface area (Å²) in [6, 6.07) is -2.26. The Morgan fingerprint density at radius 2 is 1.56 bits per heavy atom. The van der Waals surface area contributed by atoms with Crippen molar-refractivity contribution < 1.29 is 55.6 Å². The minimum absolute atomic E-state index is 0.0822. The Bertz CT molecular complexity index is 1230. The number of carbonyl (C=O) groups is 2. The minimum atomic E-state index is -4.82. The van der Waals surface area contributed by atoms with Crippen molar-refractivity contribution in [3.8, 4) is 0 Å². The Labute approximate surface area is 231 Å². The van der Waals surface area contributed by atoms with E-state index in [1.165, 1.54) is 27.7 Å². The number of aliphatic hydroxyl groups excluding tert-OH is 1. The molecule has 1 saturated heterocycles. The van der Waals surface area contributed by atoms with Crippen LogP contribution in [-0.2, 0) is 32.9 Å². The molecule has 1 aliphatic rings. The largest absolute Gasteiger partial charge is 0.462 e. The summed E-state index contributed by atoms with van der Waals surface area (Å²) in [5.41, 5.74) is -6.03. The molecule has 19 heteroatoms. The first-order chi connectivity index (χ1) is 18.8. The summed E-state index contributed by atoms with van der Waals surface area (Å²) in [6.45, 7) is 6.67. The number of alkyl halides is 4. The number of rotatable bonds is 13. The van der Waals surface area contributed by atoms with Crippen LogP contribution < -0.4 is 21.4 Å². The molecule has 0 spiro atoms. The van der Waals surface area contributed by atoms with Gasteiger partial charge in [0.25, 0.3) is 12.0 Å². The van der Waals surface area contributed by atoms with Crippen molar-refractivity contribution in [3.63, 3.8) is 0 Å². The number of aromatic amines is 1. The lowest BCUT2D eigenvalue weighted by Gasteiger charge is -2.33. The lowest BCUT2D eigenvalue weighted by Crippen LogP contribution is -2.55. The number of aromatic nitrogens is 2. The number of halogens is 4. The predicted octanol–water partition coefficient (Wildman–Crippen LogP) is 1.05. The number of ether oxygens (including phenoxy) is 3. The van der Waals surface area contributed by atoms with E-state index in [1.54, 1.807) is 4.98 Å². The van der Waals surface area contributed by atoms with E-state index in [2.05, 4.69) is 10.2 Å². The molecule has 5 atom stereocenters. The Morgan fingerprint density at radius 3 is 1.98 bits per heavy atom. The zero-order valence-electron chi connectivity index (χ0n) is 22.9. The summed E-state index contributed by atoms with van der Waals surface area (Å²) >= 11 is 0. The summed E-state index contributed by atoms with van der Waals surface area (Å²) in [5.74, 6) is -6.49. The van der Waals surface area contributed by atoms with Gasteiger partial charge < -0.3 is 23.8 Å². The second kappa shape index (κ2) is 13.1. The smallest absolute Gasteiger partial charge is 0.342 e. The van der Waals surface area contributed by atoms with Gasteiger partial charge >= 0.3 is 31.2 Å². The SMILES string of the molecule is CC(C)OC(=O)C(C)NP(=O)(NC(C)C(=O)OC(C)C)OCC1(C(F)F)OC(n2ccc(=O)[nH]c2=O)C(F)(F)C1O. The normalized spacial score (nSPS) is 25.2. The summed E-state index contributed by atoms with van der Waals surface area (Å²) in [5, 5.41) is 14.7. The highest BCUT2D eigenvalue weighted by Crippen LogP contribution is 2.52. The highest BCUT2D eigenvalue weighted by atomic mass is 31.2. The first-order valence-electron chi connectivity index (χ1n) is 12.3. The molecule has 14 nitrogen and oxygen atoms in total. The maximum Gasteiger partial charge on any atom is 0.342 e. The van der Waals surface area contributed by atoms with Gasteiger partial charge in [-0.15, -0.1) is 0 Å². The van der Waals surface area contributed by atoms with E-state index in [1.807, 2.05) is 0 Å². The molecule has 2 heterocycles. The van der Waals surface area contributed by atoms with Crippen LogP contribution in [0.25, 0.3) is 0 Å². The van der Waals surface area contributed by atoms with Crippen LogP contribution in [0.1, 0.15) is 47.8 Å². The standard InChI is InChI=1S/C22H33F4N4O10P/c1-10(2)38-15(32)12(5)28-41(36,29-13(6)16(33)39-11(3)4)37-9-21(18(23)24)17(34)22(25,26)19(40-21)30-8-7-14(31)27-20(30)35/h7-8,10-13,17-19,34H,9H2,1-6H3,(H,27,31,35)(H2,28,29,36). The fraction of sp³-hybridized carbons (Fsp3) is 0.727. The number of aliphatic hydroxyl groups is 1. The average molecular weight is 620 g/mol. The zero-order valence-corrected chi connectivity index (χ0v) is 23.8. The second-order valence-electron chi connectivity index (χ2n) is 9.82. The van der Waals surface area contributed by atoms with Gasteiger partial charge in [0, 0.05) is 12.3 Å². The van der Waals surface area contributed by atoms with Crippen LogP contribution in [0.5, 0.6) is 0 Å². The molecule has 0 saturated carbocycles. The Kier molecular flexibility index (Phi) is 11.1. The van der Waals surface area contributed by atoms with Gasteiger partial charge in [-0.1, -0.05) is 0 Å². The van der Waals surface area contributed by atoms with Gasteiger partial charge in [0.1, 0.15) is 12.1 Å². The van der Waals surface area contributed by atoms with E-state index in [0.717, 1.165) is 13.8 Å². The van der Waals surface area contributed by atoms with E-state index < -0.39 is 92.0 Å². The number of nitrogens with one attached hydrogen (secondary N) is 3. The van der Waals surface area contributed by atoms with Crippen molar-refractivity contribution in [2.24, 2.45) is 0 Å².